The highest BCUT2D eigenvalue weighted by atomic mass is 15.2. The number of hydrogen-bond donors (Lipinski definition) is 1. The van der Waals surface area contributed by atoms with E-state index in [-0.39, 0.29) is 0 Å². The lowest BCUT2D eigenvalue weighted by atomic mass is 10.0. The molecule has 1 atom stereocenters. The van der Waals surface area contributed by atoms with Crippen molar-refractivity contribution in [2.24, 2.45) is 11.7 Å². The molecule has 1 aliphatic rings. The molecule has 0 spiro atoms. The molecular weight excluding hydrogens is 208 g/mol. The van der Waals surface area contributed by atoms with Crippen molar-refractivity contribution in [2.45, 2.75) is 39.3 Å². The second kappa shape index (κ2) is 5.65. The van der Waals surface area contributed by atoms with Crippen molar-refractivity contribution in [1.29, 1.82) is 0 Å². The number of rotatable bonds is 4. The SMILES string of the molecule is CC(C)Cc1ccc(CN2CCC(N)C2)cc1. The molecule has 0 radical (unpaired) electrons. The Morgan fingerprint density at radius 2 is 1.88 bits per heavy atom. The highest BCUT2D eigenvalue weighted by Crippen LogP contribution is 2.14. The summed E-state index contributed by atoms with van der Waals surface area (Å²) in [6.07, 6.45) is 2.32. The monoisotopic (exact) mass is 232 g/mol. The topological polar surface area (TPSA) is 29.3 Å². The molecule has 2 rings (SSSR count). The van der Waals surface area contributed by atoms with Crippen molar-refractivity contribution in [1.82, 2.24) is 4.90 Å². The number of benzene rings is 1. The third-order valence-electron chi connectivity index (χ3n) is 3.38. The summed E-state index contributed by atoms with van der Waals surface area (Å²) in [4.78, 5) is 2.45. The van der Waals surface area contributed by atoms with Gasteiger partial charge in [0.15, 0.2) is 0 Å². The minimum absolute atomic E-state index is 0.384. The van der Waals surface area contributed by atoms with Crippen molar-refractivity contribution < 1.29 is 0 Å². The van der Waals surface area contributed by atoms with Crippen LogP contribution < -0.4 is 5.73 Å². The molecule has 1 aliphatic heterocycles. The van der Waals surface area contributed by atoms with E-state index in [1.165, 1.54) is 17.5 Å². The average molecular weight is 232 g/mol. The first kappa shape index (κ1) is 12.6. The Kier molecular flexibility index (Phi) is 4.19. The van der Waals surface area contributed by atoms with Crippen LogP contribution in [0.5, 0.6) is 0 Å². The zero-order valence-corrected chi connectivity index (χ0v) is 11.0. The van der Waals surface area contributed by atoms with Gasteiger partial charge in [0, 0.05) is 25.7 Å². The minimum atomic E-state index is 0.384. The van der Waals surface area contributed by atoms with Crippen LogP contribution in [0.15, 0.2) is 24.3 Å². The molecule has 1 heterocycles. The lowest BCUT2D eigenvalue weighted by Gasteiger charge is -2.15. The van der Waals surface area contributed by atoms with Gasteiger partial charge in [-0.3, -0.25) is 4.90 Å². The lowest BCUT2D eigenvalue weighted by molar-refractivity contribution is 0.327. The predicted molar refractivity (Wildman–Crippen MR) is 72.9 cm³/mol. The van der Waals surface area contributed by atoms with Crippen LogP contribution in [0, 0.1) is 5.92 Å². The normalized spacial score (nSPS) is 21.3. The largest absolute Gasteiger partial charge is 0.326 e. The fourth-order valence-electron chi connectivity index (χ4n) is 2.52. The molecule has 2 N–H and O–H groups in total. The molecule has 0 aliphatic carbocycles. The third-order valence-corrected chi connectivity index (χ3v) is 3.38. The van der Waals surface area contributed by atoms with E-state index in [0.29, 0.717) is 6.04 Å². The molecule has 94 valence electrons. The van der Waals surface area contributed by atoms with Gasteiger partial charge in [0.25, 0.3) is 0 Å². The maximum Gasteiger partial charge on any atom is 0.0234 e. The fourth-order valence-corrected chi connectivity index (χ4v) is 2.52. The molecule has 0 saturated carbocycles. The number of nitrogens with zero attached hydrogens (tertiary/aromatic N) is 1. The summed E-state index contributed by atoms with van der Waals surface area (Å²) in [6, 6.07) is 9.45. The Morgan fingerprint density at radius 3 is 2.41 bits per heavy atom. The summed E-state index contributed by atoms with van der Waals surface area (Å²) < 4.78 is 0. The molecule has 1 fully saturated rings. The zero-order valence-electron chi connectivity index (χ0n) is 11.0. The van der Waals surface area contributed by atoms with E-state index in [0.717, 1.165) is 32.0 Å². The molecule has 0 aromatic heterocycles. The molecule has 0 bridgehead atoms. The predicted octanol–water partition coefficient (Wildman–Crippen LogP) is 2.42. The Bertz CT molecular complexity index is 342. The van der Waals surface area contributed by atoms with Crippen LogP contribution in [-0.4, -0.2) is 24.0 Å². The summed E-state index contributed by atoms with van der Waals surface area (Å²) in [6.45, 7) is 7.78. The van der Waals surface area contributed by atoms with Crippen molar-refractivity contribution >= 4 is 0 Å². The quantitative estimate of drug-likeness (QED) is 0.864. The van der Waals surface area contributed by atoms with Crippen LogP contribution in [0.4, 0.5) is 0 Å². The Balaban J connectivity index is 1.89. The first-order chi connectivity index (χ1) is 8.13. The maximum atomic E-state index is 5.92. The maximum absolute atomic E-state index is 5.92. The van der Waals surface area contributed by atoms with E-state index in [1.807, 2.05) is 0 Å². The Morgan fingerprint density at radius 1 is 1.24 bits per heavy atom. The Hall–Kier alpha value is -0.860. The molecule has 1 aromatic carbocycles. The van der Waals surface area contributed by atoms with E-state index >= 15 is 0 Å². The average Bonchev–Trinajstić information content (AvgIpc) is 2.66. The number of likely N-dealkylation sites (tertiary alicyclic amines) is 1. The van der Waals surface area contributed by atoms with Gasteiger partial charge in [-0.1, -0.05) is 38.1 Å². The molecule has 1 unspecified atom stereocenters. The highest BCUT2D eigenvalue weighted by Gasteiger charge is 2.18. The summed E-state index contributed by atoms with van der Waals surface area (Å²) in [5, 5.41) is 0. The third kappa shape index (κ3) is 3.83. The highest BCUT2D eigenvalue weighted by molar-refractivity contribution is 5.23. The summed E-state index contributed by atoms with van der Waals surface area (Å²) in [5.74, 6) is 0.734. The molecule has 1 aromatic rings. The number of hydrogen-bond acceptors (Lipinski definition) is 2. The van der Waals surface area contributed by atoms with Gasteiger partial charge in [-0.15, -0.1) is 0 Å². The van der Waals surface area contributed by atoms with Gasteiger partial charge in [0.1, 0.15) is 0 Å². The van der Waals surface area contributed by atoms with Crippen molar-refractivity contribution in [3.63, 3.8) is 0 Å². The van der Waals surface area contributed by atoms with Gasteiger partial charge in [0.2, 0.25) is 0 Å². The number of nitrogens with two attached hydrogens (primary N) is 1. The van der Waals surface area contributed by atoms with Crippen LogP contribution in [0.2, 0.25) is 0 Å². The molecular formula is C15H24N2. The van der Waals surface area contributed by atoms with Crippen LogP contribution in [0.25, 0.3) is 0 Å². The van der Waals surface area contributed by atoms with E-state index in [2.05, 4.69) is 43.0 Å². The summed E-state index contributed by atoms with van der Waals surface area (Å²) >= 11 is 0. The zero-order chi connectivity index (χ0) is 12.3. The standard InChI is InChI=1S/C15H24N2/c1-12(2)9-13-3-5-14(6-4-13)10-17-8-7-15(16)11-17/h3-6,12,15H,7-11,16H2,1-2H3. The molecule has 2 heteroatoms. The lowest BCUT2D eigenvalue weighted by Crippen LogP contribution is -2.26. The van der Waals surface area contributed by atoms with Crippen LogP contribution in [0.3, 0.4) is 0 Å². The van der Waals surface area contributed by atoms with Gasteiger partial charge >= 0.3 is 0 Å². The van der Waals surface area contributed by atoms with E-state index < -0.39 is 0 Å². The van der Waals surface area contributed by atoms with Crippen LogP contribution in [-0.2, 0) is 13.0 Å². The summed E-state index contributed by atoms with van der Waals surface area (Å²) in [7, 11) is 0. The van der Waals surface area contributed by atoms with E-state index in [1.54, 1.807) is 0 Å². The smallest absolute Gasteiger partial charge is 0.0234 e. The van der Waals surface area contributed by atoms with E-state index in [9.17, 15) is 0 Å². The van der Waals surface area contributed by atoms with Gasteiger partial charge in [-0.2, -0.15) is 0 Å². The first-order valence-electron chi connectivity index (χ1n) is 6.69. The van der Waals surface area contributed by atoms with Gasteiger partial charge < -0.3 is 5.73 Å². The van der Waals surface area contributed by atoms with Gasteiger partial charge in [-0.25, -0.2) is 0 Å². The van der Waals surface area contributed by atoms with Crippen LogP contribution >= 0.6 is 0 Å². The summed E-state index contributed by atoms with van der Waals surface area (Å²) in [5.41, 5.74) is 8.77. The second-order valence-electron chi connectivity index (χ2n) is 5.70. The van der Waals surface area contributed by atoms with Crippen molar-refractivity contribution in [3.8, 4) is 0 Å². The molecule has 17 heavy (non-hydrogen) atoms. The Labute approximate surface area is 105 Å². The fraction of sp³-hybridized carbons (Fsp3) is 0.600. The van der Waals surface area contributed by atoms with E-state index in [4.69, 9.17) is 5.73 Å². The van der Waals surface area contributed by atoms with Gasteiger partial charge in [-0.05, 0) is 29.9 Å². The van der Waals surface area contributed by atoms with Crippen molar-refractivity contribution in [3.05, 3.63) is 35.4 Å². The first-order valence-corrected chi connectivity index (χ1v) is 6.69. The second-order valence-corrected chi connectivity index (χ2v) is 5.70. The van der Waals surface area contributed by atoms with Gasteiger partial charge in [0.05, 0.1) is 0 Å². The molecule has 1 saturated heterocycles. The van der Waals surface area contributed by atoms with Crippen LogP contribution in [0.1, 0.15) is 31.4 Å². The molecule has 0 amide bonds. The van der Waals surface area contributed by atoms with Crippen molar-refractivity contribution in [2.75, 3.05) is 13.1 Å². The minimum Gasteiger partial charge on any atom is -0.326 e. The molecule has 2 nitrogen and oxygen atoms in total.